The second-order valence-corrected chi connectivity index (χ2v) is 4.28. The van der Waals surface area contributed by atoms with E-state index >= 15 is 0 Å². The maximum atomic E-state index is 11.2. The van der Waals surface area contributed by atoms with E-state index in [9.17, 15) is 5.11 Å². The first kappa shape index (κ1) is 9.55. The Morgan fingerprint density at radius 2 is 2.00 bits per heavy atom. The molecule has 0 aromatic carbocycles. The minimum absolute atomic E-state index is 0.594. The summed E-state index contributed by atoms with van der Waals surface area (Å²) < 4.78 is 0. The highest BCUT2D eigenvalue weighted by Crippen LogP contribution is 2.21. The number of hydrogen-bond acceptors (Lipinski definition) is 2. The molecule has 0 unspecified atom stereocenters. The van der Waals surface area contributed by atoms with Crippen molar-refractivity contribution in [2.75, 3.05) is 5.75 Å². The van der Waals surface area contributed by atoms with Crippen molar-refractivity contribution >= 4 is 11.8 Å². The molecule has 0 bridgehead atoms. The van der Waals surface area contributed by atoms with Crippen molar-refractivity contribution in [3.8, 4) is 0 Å². The van der Waals surface area contributed by atoms with Crippen LogP contribution in [0.2, 0.25) is 0 Å². The highest BCUT2D eigenvalue weighted by Gasteiger charge is 2.14. The van der Waals surface area contributed by atoms with Crippen LogP contribution in [0.3, 0.4) is 0 Å². The predicted octanol–water partition coefficient (Wildman–Crippen LogP) is 2.38. The lowest BCUT2D eigenvalue weighted by molar-refractivity contribution is 0.0264. The second kappa shape index (κ2) is 3.92. The molecule has 1 aromatic rings. The molecule has 0 atom stereocenters. The minimum atomic E-state index is -0.853. The quantitative estimate of drug-likeness (QED) is 0.672. The molecule has 0 aliphatic heterocycles. The van der Waals surface area contributed by atoms with Gasteiger partial charge in [-0.05, 0) is 26.0 Å². The molecular weight excluding hydrogens is 170 g/mol. The summed E-state index contributed by atoms with van der Waals surface area (Å²) in [6, 6.07) is 3.83. The Morgan fingerprint density at radius 1 is 1.42 bits per heavy atom. The highest BCUT2D eigenvalue weighted by atomic mass is 32.2. The number of aromatic nitrogens is 1. The van der Waals surface area contributed by atoms with Crippen LogP contribution < -0.4 is 0 Å². The van der Waals surface area contributed by atoms with Gasteiger partial charge in [0.25, 0.3) is 0 Å². The smallest absolute Gasteiger partial charge is 0.107 e. The summed E-state index contributed by atoms with van der Waals surface area (Å²) in [5, 5.41) is 11.2. The molecule has 0 saturated heterocycles. The van der Waals surface area contributed by atoms with Gasteiger partial charge in [-0.15, -0.1) is 11.8 Å². The first-order valence-corrected chi connectivity index (χ1v) is 4.80. The SMILES string of the molecule is CC(C)([O])CSc1ccncc1. The van der Waals surface area contributed by atoms with Crippen LogP contribution in [0.4, 0.5) is 0 Å². The van der Waals surface area contributed by atoms with Crippen LogP contribution >= 0.6 is 11.8 Å². The first-order chi connectivity index (χ1) is 5.58. The maximum Gasteiger partial charge on any atom is 0.107 e. The Labute approximate surface area is 77.0 Å². The van der Waals surface area contributed by atoms with Gasteiger partial charge in [0.1, 0.15) is 5.60 Å². The molecule has 1 heterocycles. The van der Waals surface area contributed by atoms with Crippen molar-refractivity contribution in [1.82, 2.24) is 4.98 Å². The molecule has 1 aromatic heterocycles. The Bertz CT molecular complexity index is 230. The summed E-state index contributed by atoms with van der Waals surface area (Å²) >= 11 is 1.57. The van der Waals surface area contributed by atoms with Gasteiger partial charge in [0.2, 0.25) is 0 Å². The van der Waals surface area contributed by atoms with E-state index in [0.29, 0.717) is 5.75 Å². The number of hydrogen-bond donors (Lipinski definition) is 0. The van der Waals surface area contributed by atoms with Crippen LogP contribution in [-0.4, -0.2) is 16.3 Å². The second-order valence-electron chi connectivity index (χ2n) is 3.23. The minimum Gasteiger partial charge on any atom is -0.265 e. The molecule has 0 N–H and O–H groups in total. The molecule has 0 spiro atoms. The molecule has 65 valence electrons. The number of thioether (sulfide) groups is 1. The lowest BCUT2D eigenvalue weighted by atomic mass is 10.2. The van der Waals surface area contributed by atoms with Gasteiger partial charge in [0.05, 0.1) is 0 Å². The summed E-state index contributed by atoms with van der Waals surface area (Å²) in [5.41, 5.74) is -0.853. The normalized spacial score (nSPS) is 11.6. The predicted molar refractivity (Wildman–Crippen MR) is 49.7 cm³/mol. The Morgan fingerprint density at radius 3 is 2.50 bits per heavy atom. The summed E-state index contributed by atoms with van der Waals surface area (Å²) in [5.74, 6) is 0.594. The zero-order chi connectivity index (χ0) is 9.03. The van der Waals surface area contributed by atoms with E-state index < -0.39 is 5.60 Å². The van der Waals surface area contributed by atoms with Crippen LogP contribution in [0, 0.1) is 0 Å². The molecular formula is C9H12NOS. The van der Waals surface area contributed by atoms with Crippen LogP contribution in [0.5, 0.6) is 0 Å². The summed E-state index contributed by atoms with van der Waals surface area (Å²) in [4.78, 5) is 5.00. The third kappa shape index (κ3) is 3.74. The number of pyridine rings is 1. The zero-order valence-corrected chi connectivity index (χ0v) is 8.10. The fourth-order valence-electron chi connectivity index (χ4n) is 0.692. The summed E-state index contributed by atoms with van der Waals surface area (Å²) in [6.07, 6.45) is 3.47. The highest BCUT2D eigenvalue weighted by molar-refractivity contribution is 7.99. The monoisotopic (exact) mass is 182 g/mol. The van der Waals surface area contributed by atoms with E-state index in [1.165, 1.54) is 0 Å². The largest absolute Gasteiger partial charge is 0.265 e. The average molecular weight is 182 g/mol. The van der Waals surface area contributed by atoms with E-state index in [1.54, 1.807) is 38.0 Å². The van der Waals surface area contributed by atoms with E-state index in [-0.39, 0.29) is 0 Å². The van der Waals surface area contributed by atoms with Gasteiger partial charge >= 0.3 is 0 Å². The topological polar surface area (TPSA) is 32.8 Å². The molecule has 1 radical (unpaired) electrons. The van der Waals surface area contributed by atoms with Gasteiger partial charge in [0.15, 0.2) is 0 Å². The molecule has 0 aliphatic rings. The van der Waals surface area contributed by atoms with E-state index in [0.717, 1.165) is 4.90 Å². The van der Waals surface area contributed by atoms with E-state index in [1.807, 2.05) is 12.1 Å². The van der Waals surface area contributed by atoms with E-state index in [2.05, 4.69) is 4.98 Å². The molecule has 12 heavy (non-hydrogen) atoms. The third-order valence-corrected chi connectivity index (χ3v) is 2.68. The van der Waals surface area contributed by atoms with Crippen molar-refractivity contribution in [3.05, 3.63) is 24.5 Å². The molecule has 0 fully saturated rings. The number of nitrogens with zero attached hydrogens (tertiary/aromatic N) is 1. The van der Waals surface area contributed by atoms with Crippen molar-refractivity contribution in [3.63, 3.8) is 0 Å². The molecule has 0 aliphatic carbocycles. The van der Waals surface area contributed by atoms with Crippen LogP contribution in [0.15, 0.2) is 29.4 Å². The fraction of sp³-hybridized carbons (Fsp3) is 0.444. The molecule has 0 amide bonds. The van der Waals surface area contributed by atoms with Crippen molar-refractivity contribution < 1.29 is 5.11 Å². The lowest BCUT2D eigenvalue weighted by Gasteiger charge is -2.12. The van der Waals surface area contributed by atoms with Gasteiger partial charge in [-0.2, -0.15) is 0 Å². The van der Waals surface area contributed by atoms with Crippen LogP contribution in [0.1, 0.15) is 13.8 Å². The van der Waals surface area contributed by atoms with Gasteiger partial charge in [-0.3, -0.25) is 4.98 Å². The van der Waals surface area contributed by atoms with Crippen molar-refractivity contribution in [1.29, 1.82) is 0 Å². The van der Waals surface area contributed by atoms with Crippen LogP contribution in [-0.2, 0) is 5.11 Å². The van der Waals surface area contributed by atoms with Gasteiger partial charge < -0.3 is 0 Å². The Balaban J connectivity index is 2.44. The molecule has 1 rings (SSSR count). The summed E-state index contributed by atoms with van der Waals surface area (Å²) in [7, 11) is 0. The molecule has 3 heteroatoms. The standard InChI is InChI=1S/C9H12NOS/c1-9(2,11)7-12-8-3-5-10-6-4-8/h3-6H,7H2,1-2H3. The van der Waals surface area contributed by atoms with Gasteiger partial charge in [-0.25, -0.2) is 5.11 Å². The lowest BCUT2D eigenvalue weighted by Crippen LogP contribution is -2.19. The van der Waals surface area contributed by atoms with Crippen LogP contribution in [0.25, 0.3) is 0 Å². The fourth-order valence-corrected chi connectivity index (χ4v) is 1.52. The Hall–Kier alpha value is -0.540. The third-order valence-electron chi connectivity index (χ3n) is 1.24. The van der Waals surface area contributed by atoms with Crippen molar-refractivity contribution in [2.24, 2.45) is 0 Å². The maximum absolute atomic E-state index is 11.2. The summed E-state index contributed by atoms with van der Waals surface area (Å²) in [6.45, 7) is 3.39. The van der Waals surface area contributed by atoms with Crippen molar-refractivity contribution in [2.45, 2.75) is 24.3 Å². The zero-order valence-electron chi connectivity index (χ0n) is 7.28. The average Bonchev–Trinajstić information content (AvgIpc) is 2.02. The molecule has 2 nitrogen and oxygen atoms in total. The molecule has 0 saturated carbocycles. The van der Waals surface area contributed by atoms with Gasteiger partial charge in [-0.1, -0.05) is 0 Å². The first-order valence-electron chi connectivity index (χ1n) is 3.81. The van der Waals surface area contributed by atoms with E-state index in [4.69, 9.17) is 0 Å². The van der Waals surface area contributed by atoms with Gasteiger partial charge in [0, 0.05) is 23.0 Å². The Kier molecular flexibility index (Phi) is 3.12. The number of rotatable bonds is 3.